The number of cyclic esters (lactones) is 1. The summed E-state index contributed by atoms with van der Waals surface area (Å²) in [6.07, 6.45) is -1.99. The lowest BCUT2D eigenvalue weighted by Gasteiger charge is -2.25. The second-order valence-corrected chi connectivity index (χ2v) is 7.89. The summed E-state index contributed by atoms with van der Waals surface area (Å²) in [5.74, 6) is 1.78. The average molecular weight is 518 g/mol. The van der Waals surface area contributed by atoms with E-state index in [4.69, 9.17) is 15.4 Å². The third-order valence-electron chi connectivity index (χ3n) is 5.32. The molecule has 0 spiro atoms. The van der Waals surface area contributed by atoms with Crippen molar-refractivity contribution < 1.29 is 41.5 Å². The maximum atomic E-state index is 15.0. The number of nitrogens with two attached hydrogens (primary N) is 1. The van der Waals surface area contributed by atoms with Crippen molar-refractivity contribution in [1.82, 2.24) is 15.4 Å². The number of alkyl halides is 2. The van der Waals surface area contributed by atoms with Gasteiger partial charge >= 0.3 is 12.5 Å². The Balaban J connectivity index is 1.65. The van der Waals surface area contributed by atoms with Crippen LogP contribution < -0.4 is 21.0 Å². The summed E-state index contributed by atoms with van der Waals surface area (Å²) in [4.78, 5) is 43.2. The molecule has 1 aromatic carbocycles. The van der Waals surface area contributed by atoms with Crippen LogP contribution in [0.15, 0.2) is 24.4 Å². The monoisotopic (exact) mass is 518 g/mol. The third kappa shape index (κ3) is 6.54. The van der Waals surface area contributed by atoms with E-state index in [2.05, 4.69) is 0 Å². The van der Waals surface area contributed by atoms with Crippen LogP contribution in [-0.4, -0.2) is 86.4 Å². The second kappa shape index (κ2) is 11.9. The Hall–Kier alpha value is -3.59. The Morgan fingerprint density at radius 1 is 1.25 bits per heavy atom. The minimum absolute atomic E-state index is 0.0214. The Morgan fingerprint density at radius 3 is 2.58 bits per heavy atom. The summed E-state index contributed by atoms with van der Waals surface area (Å²) in [7, 11) is 0. The molecule has 0 aliphatic carbocycles. The first-order valence-electron chi connectivity index (χ1n) is 11.0. The van der Waals surface area contributed by atoms with Gasteiger partial charge < -0.3 is 20.0 Å². The molecule has 2 saturated heterocycles. The number of hydroxylamine groups is 2. The normalized spacial score (nSPS) is 18.6. The zero-order valence-electron chi connectivity index (χ0n) is 19.3. The van der Waals surface area contributed by atoms with Crippen molar-refractivity contribution in [3.05, 3.63) is 36.0 Å². The summed E-state index contributed by atoms with van der Waals surface area (Å²) in [6, 6.07) is 1.88. The van der Waals surface area contributed by atoms with E-state index in [1.807, 2.05) is 5.32 Å². The summed E-state index contributed by atoms with van der Waals surface area (Å²) >= 11 is 0. The van der Waals surface area contributed by atoms with Crippen molar-refractivity contribution in [2.45, 2.75) is 19.5 Å². The highest BCUT2D eigenvalue weighted by Gasteiger charge is 2.34. The molecule has 0 bridgehead atoms. The number of ether oxygens (including phenoxy) is 1. The lowest BCUT2D eigenvalue weighted by atomic mass is 10.2. The van der Waals surface area contributed by atoms with Gasteiger partial charge in [-0.2, -0.15) is 8.78 Å². The van der Waals surface area contributed by atoms with Crippen LogP contribution in [0.3, 0.4) is 0 Å². The quantitative estimate of drug-likeness (QED) is 0.297. The first kappa shape index (κ1) is 27.0. The van der Waals surface area contributed by atoms with Crippen LogP contribution in [-0.2, 0) is 19.2 Å². The lowest BCUT2D eigenvalue weighted by Crippen LogP contribution is -2.42. The van der Waals surface area contributed by atoms with Crippen molar-refractivity contribution in [1.29, 1.82) is 0 Å². The number of nitrogens with zero attached hydrogens (tertiary/aromatic N) is 4. The fourth-order valence-corrected chi connectivity index (χ4v) is 3.69. The second-order valence-electron chi connectivity index (χ2n) is 7.89. The molecule has 3 rings (SSSR count). The smallest absolute Gasteiger partial charge is 0.414 e. The fourth-order valence-electron chi connectivity index (χ4n) is 3.69. The van der Waals surface area contributed by atoms with E-state index >= 15 is 8.78 Å². The van der Waals surface area contributed by atoms with Gasteiger partial charge in [-0.25, -0.2) is 24.5 Å². The predicted octanol–water partition coefficient (Wildman–Crippen LogP) is 0.961. The van der Waals surface area contributed by atoms with E-state index in [0.29, 0.717) is 0 Å². The summed E-state index contributed by atoms with van der Waals surface area (Å²) in [5, 5.41) is 4.18. The molecular formula is C21H26F4N6O5. The number of carbonyl (C=O) groups excluding carboxylic acids is 3. The van der Waals surface area contributed by atoms with Gasteiger partial charge in [0.1, 0.15) is 18.3 Å². The van der Waals surface area contributed by atoms with E-state index in [9.17, 15) is 23.2 Å². The van der Waals surface area contributed by atoms with Crippen molar-refractivity contribution in [3.8, 4) is 0 Å². The molecule has 198 valence electrons. The number of hydrazine groups is 1. The van der Waals surface area contributed by atoms with Gasteiger partial charge in [0.05, 0.1) is 31.9 Å². The molecule has 2 heterocycles. The molecule has 0 radical (unpaired) electrons. The van der Waals surface area contributed by atoms with Gasteiger partial charge in [0.2, 0.25) is 0 Å². The van der Waals surface area contributed by atoms with Crippen LogP contribution in [0.4, 0.5) is 33.7 Å². The maximum Gasteiger partial charge on any atom is 0.414 e. The SMILES string of the molecule is C/C=C\N(N)CC(=O)N1CCN(c2c(F)cc(N3C[C@H](CNC(=O)C(F)F)OC3=O)cc2F)CCO1. The number of halogens is 4. The third-order valence-corrected chi connectivity index (χ3v) is 5.32. The average Bonchev–Trinajstić information content (AvgIpc) is 3.01. The number of rotatable bonds is 8. The zero-order valence-corrected chi connectivity index (χ0v) is 19.3. The molecule has 3 N–H and O–H groups in total. The first-order chi connectivity index (χ1) is 17.1. The van der Waals surface area contributed by atoms with E-state index in [0.717, 1.165) is 22.1 Å². The maximum absolute atomic E-state index is 15.0. The molecule has 0 saturated carbocycles. The summed E-state index contributed by atoms with van der Waals surface area (Å²) < 4.78 is 59.6. The molecule has 0 aromatic heterocycles. The molecule has 1 aromatic rings. The molecule has 1 atom stereocenters. The number of carbonyl (C=O) groups is 3. The highest BCUT2D eigenvalue weighted by molar-refractivity contribution is 5.90. The molecule has 11 nitrogen and oxygen atoms in total. The fraction of sp³-hybridized carbons (Fsp3) is 0.476. The Morgan fingerprint density at radius 2 is 1.94 bits per heavy atom. The number of nitrogens with one attached hydrogen (secondary N) is 1. The van der Waals surface area contributed by atoms with E-state index in [1.54, 1.807) is 13.0 Å². The van der Waals surface area contributed by atoms with Crippen molar-refractivity contribution in [2.24, 2.45) is 5.84 Å². The van der Waals surface area contributed by atoms with Crippen LogP contribution in [0.1, 0.15) is 6.92 Å². The van der Waals surface area contributed by atoms with Crippen LogP contribution in [0.2, 0.25) is 0 Å². The van der Waals surface area contributed by atoms with Gasteiger partial charge in [-0.15, -0.1) is 0 Å². The van der Waals surface area contributed by atoms with Gasteiger partial charge in [-0.3, -0.25) is 19.3 Å². The number of benzene rings is 1. The molecule has 2 aliphatic heterocycles. The van der Waals surface area contributed by atoms with Gasteiger partial charge in [-0.1, -0.05) is 6.08 Å². The highest BCUT2D eigenvalue weighted by Crippen LogP contribution is 2.31. The minimum atomic E-state index is -3.22. The summed E-state index contributed by atoms with van der Waals surface area (Å²) in [5.41, 5.74) is -0.504. The van der Waals surface area contributed by atoms with Crippen LogP contribution >= 0.6 is 0 Å². The molecule has 2 aliphatic rings. The number of amides is 3. The standard InChI is InChI=1S/C21H26F4N6O5/c1-2-3-29(26)12-17(32)31-5-4-28(6-7-35-31)18-15(22)8-13(9-16(18)23)30-11-14(36-21(30)34)10-27-20(33)19(24)25/h2-3,8-9,14,19H,4-7,10-12,26H2,1H3,(H,27,33)/b3-2-/t14-/m0/s1. The van der Waals surface area contributed by atoms with E-state index < -0.39 is 42.1 Å². The molecule has 3 amide bonds. The molecular weight excluding hydrogens is 492 g/mol. The number of hydrogen-bond acceptors (Lipinski definition) is 8. The number of anilines is 2. The van der Waals surface area contributed by atoms with Crippen LogP contribution in [0.25, 0.3) is 0 Å². The van der Waals surface area contributed by atoms with Crippen LogP contribution in [0, 0.1) is 11.6 Å². The van der Waals surface area contributed by atoms with Crippen molar-refractivity contribution in [3.63, 3.8) is 0 Å². The van der Waals surface area contributed by atoms with Crippen LogP contribution in [0.5, 0.6) is 0 Å². The molecule has 36 heavy (non-hydrogen) atoms. The highest BCUT2D eigenvalue weighted by atomic mass is 19.3. The predicted molar refractivity (Wildman–Crippen MR) is 119 cm³/mol. The minimum Gasteiger partial charge on any atom is -0.442 e. The lowest BCUT2D eigenvalue weighted by molar-refractivity contribution is -0.182. The largest absolute Gasteiger partial charge is 0.442 e. The van der Waals surface area contributed by atoms with Gasteiger partial charge in [0.25, 0.3) is 11.8 Å². The topological polar surface area (TPSA) is 121 Å². The summed E-state index contributed by atoms with van der Waals surface area (Å²) in [6.45, 7) is 1.13. The molecule has 0 unspecified atom stereocenters. The van der Waals surface area contributed by atoms with Crippen molar-refractivity contribution in [2.75, 3.05) is 55.7 Å². The van der Waals surface area contributed by atoms with E-state index in [1.165, 1.54) is 16.1 Å². The van der Waals surface area contributed by atoms with Crippen molar-refractivity contribution >= 4 is 29.3 Å². The number of allylic oxidation sites excluding steroid dienone is 1. The molecule has 15 heteroatoms. The first-order valence-corrected chi connectivity index (χ1v) is 11.0. The molecule has 2 fully saturated rings. The Labute approximate surface area is 203 Å². The van der Waals surface area contributed by atoms with Gasteiger partial charge in [0.15, 0.2) is 11.6 Å². The van der Waals surface area contributed by atoms with Gasteiger partial charge in [-0.05, 0) is 6.92 Å². The van der Waals surface area contributed by atoms with E-state index in [-0.39, 0.29) is 57.3 Å². The Kier molecular flexibility index (Phi) is 8.93. The van der Waals surface area contributed by atoms with Gasteiger partial charge in [0, 0.05) is 31.4 Å². The zero-order chi connectivity index (χ0) is 26.4. The number of hydrogen-bond donors (Lipinski definition) is 2. The Bertz CT molecular complexity index is 990.